The molecule has 0 saturated carbocycles. The number of carboxylic acids is 1. The van der Waals surface area contributed by atoms with Crippen molar-refractivity contribution >= 4 is 11.7 Å². The van der Waals surface area contributed by atoms with Crippen molar-refractivity contribution in [1.82, 2.24) is 0 Å². The Hall–Kier alpha value is -2.11. The summed E-state index contributed by atoms with van der Waals surface area (Å²) >= 11 is 0. The van der Waals surface area contributed by atoms with Crippen LogP contribution in [0.3, 0.4) is 0 Å². The largest absolute Gasteiger partial charge is 0.502 e. The first kappa shape index (κ1) is 16.9. The third-order valence-electron chi connectivity index (χ3n) is 3.49. The fourth-order valence-electron chi connectivity index (χ4n) is 2.29. The van der Waals surface area contributed by atoms with E-state index < -0.39 is 28.2 Å². The third kappa shape index (κ3) is 5.06. The monoisotopic (exact) mass is 295 g/mol. The van der Waals surface area contributed by atoms with Crippen LogP contribution in [0.25, 0.3) is 0 Å². The zero-order valence-corrected chi connectivity index (χ0v) is 12.1. The highest BCUT2D eigenvalue weighted by Gasteiger charge is 2.23. The Bertz CT molecular complexity index is 501. The first-order valence-electron chi connectivity index (χ1n) is 7.17. The van der Waals surface area contributed by atoms with Crippen LogP contribution in [0.4, 0.5) is 5.69 Å². The maximum Gasteiger partial charge on any atom is 0.310 e. The minimum atomic E-state index is -0.995. The zero-order chi connectivity index (χ0) is 15.8. The van der Waals surface area contributed by atoms with Crippen molar-refractivity contribution in [2.75, 3.05) is 0 Å². The number of nitro benzene ring substituents is 1. The molecule has 1 rings (SSSR count). The van der Waals surface area contributed by atoms with E-state index in [9.17, 15) is 25.1 Å². The number of benzene rings is 1. The molecular formula is C15H21NO5. The summed E-state index contributed by atoms with van der Waals surface area (Å²) in [5.74, 6) is -2.22. The number of carbonyl (C=O) groups is 1. The Morgan fingerprint density at radius 2 is 1.95 bits per heavy atom. The van der Waals surface area contributed by atoms with Crippen LogP contribution < -0.4 is 0 Å². The van der Waals surface area contributed by atoms with Crippen LogP contribution in [0.5, 0.6) is 5.75 Å². The second-order valence-electron chi connectivity index (χ2n) is 5.10. The molecule has 6 nitrogen and oxygen atoms in total. The molecule has 2 N–H and O–H groups in total. The summed E-state index contributed by atoms with van der Waals surface area (Å²) in [6.07, 6.45) is 5.48. The van der Waals surface area contributed by atoms with E-state index in [4.69, 9.17) is 0 Å². The molecule has 21 heavy (non-hydrogen) atoms. The summed E-state index contributed by atoms with van der Waals surface area (Å²) in [5, 5.41) is 29.5. The van der Waals surface area contributed by atoms with Crippen molar-refractivity contribution in [3.63, 3.8) is 0 Å². The highest BCUT2D eigenvalue weighted by atomic mass is 16.6. The number of phenolic OH excluding ortho intramolecular Hbond substituents is 1. The maximum atomic E-state index is 11.4. The van der Waals surface area contributed by atoms with Gasteiger partial charge in [-0.1, -0.05) is 45.1 Å². The molecule has 1 unspecified atom stereocenters. The smallest absolute Gasteiger partial charge is 0.310 e. The van der Waals surface area contributed by atoms with Crippen LogP contribution in [0.1, 0.15) is 56.9 Å². The van der Waals surface area contributed by atoms with E-state index in [0.29, 0.717) is 12.0 Å². The number of unbranched alkanes of at least 4 members (excludes halogenated alkanes) is 4. The van der Waals surface area contributed by atoms with Gasteiger partial charge in [0.2, 0.25) is 0 Å². The summed E-state index contributed by atoms with van der Waals surface area (Å²) in [4.78, 5) is 21.4. The van der Waals surface area contributed by atoms with E-state index in [-0.39, 0.29) is 0 Å². The van der Waals surface area contributed by atoms with Gasteiger partial charge in [0.15, 0.2) is 5.75 Å². The minimum Gasteiger partial charge on any atom is -0.502 e. The molecule has 0 aromatic heterocycles. The Balaban J connectivity index is 2.79. The topological polar surface area (TPSA) is 101 Å². The second kappa shape index (κ2) is 8.24. The molecule has 1 aromatic rings. The van der Waals surface area contributed by atoms with Crippen molar-refractivity contribution < 1.29 is 19.9 Å². The Labute approximate surface area is 123 Å². The van der Waals surface area contributed by atoms with Gasteiger partial charge in [-0.15, -0.1) is 0 Å². The molecule has 0 aliphatic rings. The average Bonchev–Trinajstić information content (AvgIpc) is 2.43. The van der Waals surface area contributed by atoms with Gasteiger partial charge in [0.1, 0.15) is 0 Å². The lowest BCUT2D eigenvalue weighted by molar-refractivity contribution is -0.385. The van der Waals surface area contributed by atoms with Crippen LogP contribution in [0.15, 0.2) is 18.2 Å². The van der Waals surface area contributed by atoms with Gasteiger partial charge in [-0.3, -0.25) is 14.9 Å². The zero-order valence-electron chi connectivity index (χ0n) is 12.1. The Kier molecular flexibility index (Phi) is 6.65. The van der Waals surface area contributed by atoms with Crippen LogP contribution in [0, 0.1) is 10.1 Å². The van der Waals surface area contributed by atoms with Gasteiger partial charge < -0.3 is 10.2 Å². The van der Waals surface area contributed by atoms with E-state index in [0.717, 1.165) is 38.2 Å². The van der Waals surface area contributed by atoms with Crippen molar-refractivity contribution in [3.8, 4) is 5.75 Å². The standard InChI is InChI=1S/C15H21NO5/c1-2-3-4-5-6-7-12(15(18)19)11-8-9-14(17)13(10-11)16(20)21/h8-10,12,17H,2-7H2,1H3,(H,18,19). The molecule has 0 aliphatic carbocycles. The number of carboxylic acid groups (broad SMARTS) is 1. The van der Waals surface area contributed by atoms with Gasteiger partial charge in [0, 0.05) is 6.07 Å². The van der Waals surface area contributed by atoms with Gasteiger partial charge >= 0.3 is 11.7 Å². The number of aromatic hydroxyl groups is 1. The second-order valence-corrected chi connectivity index (χ2v) is 5.10. The van der Waals surface area contributed by atoms with E-state index >= 15 is 0 Å². The third-order valence-corrected chi connectivity index (χ3v) is 3.49. The predicted molar refractivity (Wildman–Crippen MR) is 78.5 cm³/mol. The SMILES string of the molecule is CCCCCCCC(C(=O)O)c1ccc(O)c([N+](=O)[O-])c1. The first-order chi connectivity index (χ1) is 9.97. The number of aliphatic carboxylic acids is 1. The summed E-state index contributed by atoms with van der Waals surface area (Å²) in [7, 11) is 0. The van der Waals surface area contributed by atoms with E-state index in [1.807, 2.05) is 0 Å². The molecule has 0 spiro atoms. The number of phenols is 1. The molecule has 6 heteroatoms. The lowest BCUT2D eigenvalue weighted by Gasteiger charge is -2.12. The van der Waals surface area contributed by atoms with Gasteiger partial charge in [0.05, 0.1) is 10.8 Å². The number of hydrogen-bond acceptors (Lipinski definition) is 4. The molecule has 1 aromatic carbocycles. The summed E-state index contributed by atoms with van der Waals surface area (Å²) in [6.45, 7) is 2.11. The van der Waals surface area contributed by atoms with Crippen molar-refractivity contribution in [1.29, 1.82) is 0 Å². The average molecular weight is 295 g/mol. The molecule has 0 fully saturated rings. The Morgan fingerprint density at radius 1 is 1.29 bits per heavy atom. The van der Waals surface area contributed by atoms with Gasteiger partial charge in [-0.05, 0) is 18.1 Å². The maximum absolute atomic E-state index is 11.4. The van der Waals surface area contributed by atoms with E-state index in [2.05, 4.69) is 6.92 Å². The normalized spacial score (nSPS) is 12.0. The van der Waals surface area contributed by atoms with Gasteiger partial charge in [-0.2, -0.15) is 0 Å². The lowest BCUT2D eigenvalue weighted by Crippen LogP contribution is -2.12. The quantitative estimate of drug-likeness (QED) is 0.409. The van der Waals surface area contributed by atoms with Crippen molar-refractivity contribution in [2.45, 2.75) is 51.4 Å². The molecular weight excluding hydrogens is 274 g/mol. The molecule has 116 valence electrons. The summed E-state index contributed by atoms with van der Waals surface area (Å²) < 4.78 is 0. The molecule has 0 bridgehead atoms. The van der Waals surface area contributed by atoms with Crippen molar-refractivity contribution in [3.05, 3.63) is 33.9 Å². The fourth-order valence-corrected chi connectivity index (χ4v) is 2.29. The van der Waals surface area contributed by atoms with E-state index in [1.165, 1.54) is 12.1 Å². The fraction of sp³-hybridized carbons (Fsp3) is 0.533. The Morgan fingerprint density at radius 3 is 2.52 bits per heavy atom. The summed E-state index contributed by atoms with van der Waals surface area (Å²) in [5.41, 5.74) is -0.0905. The molecule has 1 atom stereocenters. The molecule has 0 saturated heterocycles. The van der Waals surface area contributed by atoms with E-state index in [1.54, 1.807) is 0 Å². The van der Waals surface area contributed by atoms with Crippen molar-refractivity contribution in [2.24, 2.45) is 0 Å². The highest BCUT2D eigenvalue weighted by Crippen LogP contribution is 2.31. The van der Waals surface area contributed by atoms with Crippen LogP contribution >= 0.6 is 0 Å². The van der Waals surface area contributed by atoms with Crippen LogP contribution in [-0.4, -0.2) is 21.1 Å². The number of nitrogens with zero attached hydrogens (tertiary/aromatic N) is 1. The number of nitro groups is 1. The minimum absolute atomic E-state index is 0.363. The molecule has 0 radical (unpaired) electrons. The lowest BCUT2D eigenvalue weighted by atomic mass is 9.92. The van der Waals surface area contributed by atoms with Crippen LogP contribution in [0.2, 0.25) is 0 Å². The molecule has 0 heterocycles. The summed E-state index contributed by atoms with van der Waals surface area (Å²) in [6, 6.07) is 3.77. The predicted octanol–water partition coefficient (Wildman–Crippen LogP) is 3.83. The van der Waals surface area contributed by atoms with Crippen LogP contribution in [-0.2, 0) is 4.79 Å². The number of hydrogen-bond donors (Lipinski definition) is 2. The molecule has 0 aliphatic heterocycles. The van der Waals surface area contributed by atoms with Gasteiger partial charge in [0.25, 0.3) is 0 Å². The highest BCUT2D eigenvalue weighted by molar-refractivity contribution is 5.76. The number of rotatable bonds is 9. The molecule has 0 amide bonds. The first-order valence-corrected chi connectivity index (χ1v) is 7.17. The van der Waals surface area contributed by atoms with Gasteiger partial charge in [-0.25, -0.2) is 0 Å².